The summed E-state index contributed by atoms with van der Waals surface area (Å²) in [6, 6.07) is 18.5. The minimum atomic E-state index is -1.28. The molecular weight excluding hydrogens is 614 g/mol. The topological polar surface area (TPSA) is 128 Å². The molecule has 1 aliphatic heterocycles. The molecule has 1 fully saturated rings. The zero-order chi connectivity index (χ0) is 33.9. The van der Waals surface area contributed by atoms with E-state index < -0.39 is 12.1 Å². The highest BCUT2D eigenvalue weighted by atomic mass is 16.5. The molecule has 0 bridgehead atoms. The molecule has 4 aromatic rings. The fourth-order valence-corrected chi connectivity index (χ4v) is 5.96. The van der Waals surface area contributed by atoms with Crippen LogP contribution in [0.25, 0.3) is 0 Å². The number of nitrogens with one attached hydrogen (secondary N) is 1. The van der Waals surface area contributed by atoms with Crippen molar-refractivity contribution in [3.8, 4) is 28.7 Å². The van der Waals surface area contributed by atoms with Gasteiger partial charge in [0.1, 0.15) is 40.6 Å². The van der Waals surface area contributed by atoms with Crippen LogP contribution in [0.5, 0.6) is 28.7 Å². The summed E-state index contributed by atoms with van der Waals surface area (Å²) in [5, 5.41) is 14.0. The maximum Gasteiger partial charge on any atom is 0.413 e. The van der Waals surface area contributed by atoms with Crippen molar-refractivity contribution < 1.29 is 33.6 Å². The molecule has 254 valence electrons. The molecule has 3 aromatic carbocycles. The molecule has 12 nitrogen and oxygen atoms in total. The van der Waals surface area contributed by atoms with Crippen molar-refractivity contribution in [1.29, 1.82) is 0 Å². The summed E-state index contributed by atoms with van der Waals surface area (Å²) in [4.78, 5) is 25.9. The fraction of sp³-hybridized carbons (Fsp3) is 0.361. The number of carboxylic acid groups (broad SMARTS) is 1. The maximum absolute atomic E-state index is 13.3. The van der Waals surface area contributed by atoms with Crippen LogP contribution in [0.4, 0.5) is 22.2 Å². The predicted molar refractivity (Wildman–Crippen MR) is 184 cm³/mol. The second-order valence-corrected chi connectivity index (χ2v) is 11.2. The predicted octanol–water partition coefficient (Wildman–Crippen LogP) is 6.78. The Morgan fingerprint density at radius 1 is 0.875 bits per heavy atom. The van der Waals surface area contributed by atoms with Crippen molar-refractivity contribution in [3.63, 3.8) is 0 Å². The number of anilines is 3. The number of carbonyl (C=O) groups is 1. The second-order valence-electron chi connectivity index (χ2n) is 11.2. The van der Waals surface area contributed by atoms with Gasteiger partial charge in [-0.15, -0.1) is 0 Å². The van der Waals surface area contributed by atoms with Crippen molar-refractivity contribution >= 4 is 23.5 Å². The number of nitrogens with zero attached hydrogens (tertiary/aromatic N) is 4. The minimum Gasteiger partial charge on any atom is -0.497 e. The number of aromatic nitrogens is 2. The Balaban J connectivity index is 1.46. The summed E-state index contributed by atoms with van der Waals surface area (Å²) in [6.07, 6.45) is 5.04. The van der Waals surface area contributed by atoms with Gasteiger partial charge in [-0.2, -0.15) is 4.98 Å². The molecule has 1 atom stereocenters. The number of piperidine rings is 1. The summed E-state index contributed by atoms with van der Waals surface area (Å²) in [5.74, 6) is 2.78. The van der Waals surface area contributed by atoms with Crippen LogP contribution in [0, 0.1) is 0 Å². The normalized spacial score (nSPS) is 13.7. The Morgan fingerprint density at radius 3 is 2.29 bits per heavy atom. The van der Waals surface area contributed by atoms with E-state index in [1.807, 2.05) is 24.3 Å². The quantitative estimate of drug-likeness (QED) is 0.131. The highest BCUT2D eigenvalue weighted by molar-refractivity contribution is 5.88. The molecule has 2 heterocycles. The van der Waals surface area contributed by atoms with Gasteiger partial charge in [-0.3, -0.25) is 0 Å². The summed E-state index contributed by atoms with van der Waals surface area (Å²) in [6.45, 7) is 3.97. The number of amides is 1. The molecule has 0 saturated carbocycles. The number of methoxy groups -OCH3 is 4. The van der Waals surface area contributed by atoms with Crippen LogP contribution in [0.1, 0.15) is 42.9 Å². The van der Waals surface area contributed by atoms with E-state index in [9.17, 15) is 9.90 Å². The number of ether oxygens (including phenoxy) is 5. The van der Waals surface area contributed by atoms with Crippen LogP contribution in [0.3, 0.4) is 0 Å². The van der Waals surface area contributed by atoms with Gasteiger partial charge < -0.3 is 39.0 Å². The van der Waals surface area contributed by atoms with Gasteiger partial charge in [0.2, 0.25) is 5.95 Å². The third-order valence-electron chi connectivity index (χ3n) is 8.25. The van der Waals surface area contributed by atoms with E-state index in [-0.39, 0.29) is 11.8 Å². The van der Waals surface area contributed by atoms with Crippen LogP contribution in [-0.4, -0.2) is 80.7 Å². The first kappa shape index (κ1) is 34.1. The number of benzene rings is 3. The molecule has 0 radical (unpaired) electrons. The van der Waals surface area contributed by atoms with E-state index in [1.165, 1.54) is 60.0 Å². The van der Waals surface area contributed by atoms with Crippen LogP contribution in [-0.2, 0) is 0 Å². The third kappa shape index (κ3) is 8.18. The van der Waals surface area contributed by atoms with Gasteiger partial charge in [-0.05, 0) is 80.9 Å². The van der Waals surface area contributed by atoms with E-state index in [0.29, 0.717) is 46.4 Å². The monoisotopic (exact) mass is 657 g/mol. The molecule has 1 amide bonds. The smallest absolute Gasteiger partial charge is 0.413 e. The lowest BCUT2D eigenvalue weighted by atomic mass is 9.94. The van der Waals surface area contributed by atoms with E-state index in [2.05, 4.69) is 20.2 Å². The van der Waals surface area contributed by atoms with Crippen LogP contribution < -0.4 is 33.9 Å². The number of rotatable bonds is 15. The van der Waals surface area contributed by atoms with Gasteiger partial charge in [-0.1, -0.05) is 18.6 Å². The Kier molecular flexibility index (Phi) is 11.8. The van der Waals surface area contributed by atoms with Crippen molar-refractivity contribution in [1.82, 2.24) is 14.9 Å². The minimum absolute atomic E-state index is 0.105. The molecule has 48 heavy (non-hydrogen) atoms. The van der Waals surface area contributed by atoms with Gasteiger partial charge in [0.25, 0.3) is 0 Å². The third-order valence-corrected chi connectivity index (χ3v) is 8.25. The molecule has 1 unspecified atom stereocenters. The molecule has 1 aromatic heterocycles. The van der Waals surface area contributed by atoms with E-state index in [1.54, 1.807) is 36.4 Å². The first-order valence-electron chi connectivity index (χ1n) is 16.0. The van der Waals surface area contributed by atoms with E-state index in [4.69, 9.17) is 23.7 Å². The molecule has 1 saturated heterocycles. The highest BCUT2D eigenvalue weighted by Gasteiger charge is 2.36. The standard InChI is InChI=1S/C36H43N5O7/c1-44-26-15-16-29(45-2)28(24-26)34(33-30(46-3)13-9-14-31(33)47-4)41(36(42)43)32-17-18-37-35(39-32)38-25-11-8-12-27(23-25)48-22-10-21-40-19-6-5-7-20-40/h8-9,11-18,23-24,34H,5-7,10,19-22H2,1-4H3,(H,42,43)(H,37,38,39). The van der Waals surface area contributed by atoms with Crippen LogP contribution in [0.2, 0.25) is 0 Å². The Bertz CT molecular complexity index is 1640. The lowest BCUT2D eigenvalue weighted by Gasteiger charge is -2.32. The van der Waals surface area contributed by atoms with Gasteiger partial charge in [0.05, 0.1) is 40.6 Å². The number of likely N-dealkylation sites (tertiary alicyclic amines) is 1. The lowest BCUT2D eigenvalue weighted by Crippen LogP contribution is -2.36. The highest BCUT2D eigenvalue weighted by Crippen LogP contribution is 2.46. The molecule has 0 aliphatic carbocycles. The summed E-state index contributed by atoms with van der Waals surface area (Å²) in [7, 11) is 6.09. The van der Waals surface area contributed by atoms with Gasteiger partial charge in [0.15, 0.2) is 0 Å². The first-order chi connectivity index (χ1) is 23.4. The largest absolute Gasteiger partial charge is 0.497 e. The van der Waals surface area contributed by atoms with Crippen molar-refractivity contribution in [2.24, 2.45) is 0 Å². The fourth-order valence-electron chi connectivity index (χ4n) is 5.96. The summed E-state index contributed by atoms with van der Waals surface area (Å²) < 4.78 is 28.8. The van der Waals surface area contributed by atoms with Crippen molar-refractivity contribution in [2.45, 2.75) is 31.7 Å². The molecule has 1 aliphatic rings. The average molecular weight is 658 g/mol. The molecule has 12 heteroatoms. The zero-order valence-electron chi connectivity index (χ0n) is 27.8. The average Bonchev–Trinajstić information content (AvgIpc) is 3.12. The summed E-state index contributed by atoms with van der Waals surface area (Å²) >= 11 is 0. The Morgan fingerprint density at radius 2 is 1.60 bits per heavy atom. The molecule has 0 spiro atoms. The lowest BCUT2D eigenvalue weighted by molar-refractivity contribution is 0.199. The van der Waals surface area contributed by atoms with E-state index in [0.717, 1.165) is 36.7 Å². The van der Waals surface area contributed by atoms with Crippen LogP contribution in [0.15, 0.2) is 72.9 Å². The first-order valence-corrected chi connectivity index (χ1v) is 16.0. The van der Waals surface area contributed by atoms with Gasteiger partial charge in [-0.25, -0.2) is 14.7 Å². The van der Waals surface area contributed by atoms with E-state index >= 15 is 0 Å². The van der Waals surface area contributed by atoms with Gasteiger partial charge >= 0.3 is 6.09 Å². The van der Waals surface area contributed by atoms with Gasteiger partial charge in [0, 0.05) is 30.1 Å². The van der Waals surface area contributed by atoms with Crippen LogP contribution >= 0.6 is 0 Å². The Hall–Kier alpha value is -5.23. The number of hydrogen-bond acceptors (Lipinski definition) is 10. The molecule has 5 rings (SSSR count). The van der Waals surface area contributed by atoms with Crippen molar-refractivity contribution in [2.75, 3.05) is 64.9 Å². The maximum atomic E-state index is 13.3. The zero-order valence-corrected chi connectivity index (χ0v) is 27.8. The Labute approximate surface area is 281 Å². The molecular formula is C36H43N5O7. The summed E-state index contributed by atoms with van der Waals surface area (Å²) in [5.41, 5.74) is 1.63. The SMILES string of the molecule is COc1ccc(OC)c(C(c2c(OC)cccc2OC)N(C(=O)O)c2ccnc(Nc3cccc(OCCCN4CCCCC4)c3)n2)c1. The van der Waals surface area contributed by atoms with Crippen molar-refractivity contribution in [3.05, 3.63) is 84.1 Å². The molecule has 2 N–H and O–H groups in total. The number of hydrogen-bond donors (Lipinski definition) is 2. The second kappa shape index (κ2) is 16.6.